The molecule has 4 heteroatoms. The molecule has 4 nitrogen and oxygen atoms in total. The van der Waals surface area contributed by atoms with E-state index in [9.17, 15) is 5.11 Å². The van der Waals surface area contributed by atoms with Crippen LogP contribution in [0.3, 0.4) is 0 Å². The fourth-order valence-corrected chi connectivity index (χ4v) is 3.04. The standard InChI is InChI=1S/C15H21N3O/c1-15(2)10-13-12(14(19)11-15)4-7-17(13)8-9-18-6-3-5-16-18/h3-7,14,19H,8-11H2,1-2H3. The van der Waals surface area contributed by atoms with Crippen molar-refractivity contribution in [1.29, 1.82) is 0 Å². The predicted octanol–water partition coefficient (Wildman–Crippen LogP) is 2.39. The van der Waals surface area contributed by atoms with Gasteiger partial charge in [-0.25, -0.2) is 0 Å². The molecule has 0 aliphatic heterocycles. The van der Waals surface area contributed by atoms with Crippen LogP contribution in [0.2, 0.25) is 0 Å². The first-order valence-electron chi connectivity index (χ1n) is 6.89. The Morgan fingerprint density at radius 2 is 2.21 bits per heavy atom. The lowest BCUT2D eigenvalue weighted by atomic mass is 9.75. The van der Waals surface area contributed by atoms with Crippen molar-refractivity contribution in [3.05, 3.63) is 42.0 Å². The van der Waals surface area contributed by atoms with E-state index in [0.717, 1.165) is 31.5 Å². The topological polar surface area (TPSA) is 43.0 Å². The van der Waals surface area contributed by atoms with Gasteiger partial charge in [0.15, 0.2) is 0 Å². The summed E-state index contributed by atoms with van der Waals surface area (Å²) in [5, 5.41) is 14.5. The van der Waals surface area contributed by atoms with Gasteiger partial charge in [0.2, 0.25) is 0 Å². The van der Waals surface area contributed by atoms with E-state index in [0.29, 0.717) is 0 Å². The highest BCUT2D eigenvalue weighted by atomic mass is 16.3. The summed E-state index contributed by atoms with van der Waals surface area (Å²) in [7, 11) is 0. The third-order valence-electron chi connectivity index (χ3n) is 3.99. The van der Waals surface area contributed by atoms with Gasteiger partial charge in [0.05, 0.1) is 12.6 Å². The zero-order valence-corrected chi connectivity index (χ0v) is 11.6. The summed E-state index contributed by atoms with van der Waals surface area (Å²) in [5.74, 6) is 0. The molecule has 0 fully saturated rings. The lowest BCUT2D eigenvalue weighted by Crippen LogP contribution is -2.27. The lowest BCUT2D eigenvalue weighted by Gasteiger charge is -2.34. The van der Waals surface area contributed by atoms with Gasteiger partial charge < -0.3 is 9.67 Å². The molecule has 0 saturated carbocycles. The van der Waals surface area contributed by atoms with E-state index in [2.05, 4.69) is 35.8 Å². The van der Waals surface area contributed by atoms with Gasteiger partial charge in [-0.15, -0.1) is 0 Å². The zero-order chi connectivity index (χ0) is 13.5. The molecule has 1 N–H and O–H groups in total. The molecule has 102 valence electrons. The quantitative estimate of drug-likeness (QED) is 0.919. The minimum Gasteiger partial charge on any atom is -0.388 e. The number of fused-ring (bicyclic) bond motifs is 1. The number of hydrogen-bond acceptors (Lipinski definition) is 2. The van der Waals surface area contributed by atoms with Gasteiger partial charge in [-0.1, -0.05) is 13.8 Å². The van der Waals surface area contributed by atoms with Crippen molar-refractivity contribution in [1.82, 2.24) is 14.3 Å². The number of hydrogen-bond donors (Lipinski definition) is 1. The summed E-state index contributed by atoms with van der Waals surface area (Å²) >= 11 is 0. The van der Waals surface area contributed by atoms with Crippen LogP contribution in [0.4, 0.5) is 0 Å². The maximum absolute atomic E-state index is 10.2. The van der Waals surface area contributed by atoms with E-state index in [4.69, 9.17) is 0 Å². The molecule has 0 aromatic carbocycles. The van der Waals surface area contributed by atoms with Gasteiger partial charge in [0.25, 0.3) is 0 Å². The maximum Gasteiger partial charge on any atom is 0.0812 e. The second-order valence-electron chi connectivity index (χ2n) is 6.24. The Labute approximate surface area is 113 Å². The Morgan fingerprint density at radius 3 is 2.95 bits per heavy atom. The van der Waals surface area contributed by atoms with Crippen LogP contribution in [0.15, 0.2) is 30.7 Å². The fourth-order valence-electron chi connectivity index (χ4n) is 3.04. The Bertz CT molecular complexity index is 554. The Morgan fingerprint density at radius 1 is 1.37 bits per heavy atom. The third kappa shape index (κ3) is 2.45. The summed E-state index contributed by atoms with van der Waals surface area (Å²) in [6.07, 6.45) is 7.45. The highest BCUT2D eigenvalue weighted by molar-refractivity contribution is 5.29. The van der Waals surface area contributed by atoms with Crippen molar-refractivity contribution in [3.63, 3.8) is 0 Å². The molecule has 3 rings (SSSR count). The highest BCUT2D eigenvalue weighted by Crippen LogP contribution is 2.40. The van der Waals surface area contributed by atoms with Gasteiger partial charge in [0, 0.05) is 36.4 Å². The van der Waals surface area contributed by atoms with Gasteiger partial charge in [-0.05, 0) is 30.4 Å². The van der Waals surface area contributed by atoms with Crippen LogP contribution in [-0.2, 0) is 19.5 Å². The SMILES string of the molecule is CC1(C)Cc2c(ccn2CCn2cccn2)C(O)C1. The molecule has 19 heavy (non-hydrogen) atoms. The monoisotopic (exact) mass is 259 g/mol. The molecule has 2 heterocycles. The van der Waals surface area contributed by atoms with E-state index in [1.54, 1.807) is 6.20 Å². The van der Waals surface area contributed by atoms with Gasteiger partial charge >= 0.3 is 0 Å². The van der Waals surface area contributed by atoms with Crippen LogP contribution < -0.4 is 0 Å². The number of aliphatic hydroxyl groups excluding tert-OH is 1. The Balaban J connectivity index is 1.80. The van der Waals surface area contributed by atoms with E-state index < -0.39 is 0 Å². The summed E-state index contributed by atoms with van der Waals surface area (Å²) in [4.78, 5) is 0. The smallest absolute Gasteiger partial charge is 0.0812 e. The van der Waals surface area contributed by atoms with E-state index in [1.807, 2.05) is 16.9 Å². The van der Waals surface area contributed by atoms with E-state index >= 15 is 0 Å². The molecule has 1 aliphatic rings. The van der Waals surface area contributed by atoms with Crippen LogP contribution in [-0.4, -0.2) is 19.5 Å². The zero-order valence-electron chi connectivity index (χ0n) is 11.6. The Hall–Kier alpha value is -1.55. The molecule has 0 bridgehead atoms. The number of aryl methyl sites for hydroxylation is 2. The number of aromatic nitrogens is 3. The molecule has 1 atom stereocenters. The average Bonchev–Trinajstić information content (AvgIpc) is 2.93. The van der Waals surface area contributed by atoms with Crippen molar-refractivity contribution < 1.29 is 5.11 Å². The average molecular weight is 259 g/mol. The Kier molecular flexibility index (Phi) is 2.97. The molecular formula is C15H21N3O. The lowest BCUT2D eigenvalue weighted by molar-refractivity contribution is 0.0978. The fraction of sp³-hybridized carbons (Fsp3) is 0.533. The van der Waals surface area contributed by atoms with Crippen LogP contribution in [0.5, 0.6) is 0 Å². The first-order chi connectivity index (χ1) is 9.05. The molecule has 1 unspecified atom stereocenters. The van der Waals surface area contributed by atoms with Crippen LogP contribution in [0.25, 0.3) is 0 Å². The van der Waals surface area contributed by atoms with Crippen molar-refractivity contribution in [3.8, 4) is 0 Å². The molecule has 0 spiro atoms. The van der Waals surface area contributed by atoms with Crippen LogP contribution in [0.1, 0.15) is 37.6 Å². The van der Waals surface area contributed by atoms with E-state index in [1.165, 1.54) is 5.69 Å². The van der Waals surface area contributed by atoms with Crippen molar-refractivity contribution in [2.75, 3.05) is 0 Å². The number of nitrogens with zero attached hydrogens (tertiary/aromatic N) is 3. The normalized spacial score (nSPS) is 21.3. The van der Waals surface area contributed by atoms with Crippen molar-refractivity contribution in [2.45, 2.75) is 45.9 Å². The van der Waals surface area contributed by atoms with Crippen molar-refractivity contribution in [2.24, 2.45) is 5.41 Å². The second kappa shape index (κ2) is 4.53. The molecule has 0 saturated heterocycles. The number of aliphatic hydroxyl groups is 1. The number of rotatable bonds is 3. The van der Waals surface area contributed by atoms with Gasteiger partial charge in [-0.3, -0.25) is 4.68 Å². The van der Waals surface area contributed by atoms with Crippen LogP contribution >= 0.6 is 0 Å². The van der Waals surface area contributed by atoms with E-state index in [-0.39, 0.29) is 11.5 Å². The molecular weight excluding hydrogens is 238 g/mol. The highest BCUT2D eigenvalue weighted by Gasteiger charge is 2.32. The largest absolute Gasteiger partial charge is 0.388 e. The molecule has 0 radical (unpaired) electrons. The molecule has 2 aromatic rings. The first-order valence-corrected chi connectivity index (χ1v) is 6.89. The summed E-state index contributed by atoms with van der Waals surface area (Å²) in [6, 6.07) is 4.01. The minimum absolute atomic E-state index is 0.175. The third-order valence-corrected chi connectivity index (χ3v) is 3.99. The van der Waals surface area contributed by atoms with Gasteiger partial charge in [0.1, 0.15) is 0 Å². The predicted molar refractivity (Wildman–Crippen MR) is 73.7 cm³/mol. The van der Waals surface area contributed by atoms with Crippen LogP contribution in [0, 0.1) is 5.41 Å². The van der Waals surface area contributed by atoms with Crippen molar-refractivity contribution >= 4 is 0 Å². The maximum atomic E-state index is 10.2. The molecule has 0 amide bonds. The molecule has 2 aromatic heterocycles. The summed E-state index contributed by atoms with van der Waals surface area (Å²) in [6.45, 7) is 6.22. The second-order valence-corrected chi connectivity index (χ2v) is 6.24. The molecule has 1 aliphatic carbocycles. The summed E-state index contributed by atoms with van der Waals surface area (Å²) < 4.78 is 4.21. The summed E-state index contributed by atoms with van der Waals surface area (Å²) in [5.41, 5.74) is 2.57. The minimum atomic E-state index is -0.315. The van der Waals surface area contributed by atoms with Gasteiger partial charge in [-0.2, -0.15) is 5.10 Å². The first kappa shape index (κ1) is 12.5.